The molecule has 2 heterocycles. The zero-order valence-electron chi connectivity index (χ0n) is 29.2. The van der Waals surface area contributed by atoms with E-state index in [-0.39, 0.29) is 19.2 Å². The Morgan fingerprint density at radius 3 is 1.43 bits per heavy atom. The molecule has 2 aliphatic heterocycles. The predicted molar refractivity (Wildman–Crippen MR) is 182 cm³/mol. The van der Waals surface area contributed by atoms with Crippen LogP contribution in [0.15, 0.2) is 30.3 Å². The standard InChI is InChI=1S/C22H36O5.C15H30O5/c1-3-10-21(11-4-1)20-25-14-7-2-6-13-23-18-19-24-15-9-17-27-22-12-5-8-16-26-22;16-8-3-1-4-9-17-13-14-18-10-6-12-20-15-7-2-5-11-19-15/h1,3-4,10-11,22H,2,5-9,12-20H2;15-16H,1-14H2. The molecule has 10 heteroatoms. The summed E-state index contributed by atoms with van der Waals surface area (Å²) in [4.78, 5) is 0. The molecule has 1 aromatic rings. The molecule has 0 amide bonds. The van der Waals surface area contributed by atoms with Gasteiger partial charge in [0.15, 0.2) is 12.6 Å². The minimum Gasteiger partial charge on any atom is -0.396 e. The van der Waals surface area contributed by atoms with Crippen LogP contribution < -0.4 is 0 Å². The van der Waals surface area contributed by atoms with E-state index < -0.39 is 0 Å². The lowest BCUT2D eigenvalue weighted by Gasteiger charge is -2.22. The smallest absolute Gasteiger partial charge is 0.157 e. The van der Waals surface area contributed by atoms with E-state index in [9.17, 15) is 0 Å². The van der Waals surface area contributed by atoms with Gasteiger partial charge in [-0.25, -0.2) is 0 Å². The van der Waals surface area contributed by atoms with Crippen LogP contribution in [-0.4, -0.2) is 110 Å². The molecule has 0 radical (unpaired) electrons. The molecule has 1 N–H and O–H groups in total. The van der Waals surface area contributed by atoms with Crippen molar-refractivity contribution >= 4 is 0 Å². The molecule has 0 aliphatic carbocycles. The van der Waals surface area contributed by atoms with Crippen LogP contribution in [0.2, 0.25) is 0 Å². The Morgan fingerprint density at radius 2 is 0.957 bits per heavy atom. The number of ether oxygens (including phenoxy) is 9. The highest BCUT2D eigenvalue weighted by atomic mass is 16.7. The highest BCUT2D eigenvalue weighted by Gasteiger charge is 2.14. The average Bonchev–Trinajstić information content (AvgIpc) is 3.12. The van der Waals surface area contributed by atoms with Crippen LogP contribution in [0.5, 0.6) is 0 Å². The van der Waals surface area contributed by atoms with Gasteiger partial charge in [0, 0.05) is 52.9 Å². The van der Waals surface area contributed by atoms with Crippen LogP contribution in [0.25, 0.3) is 0 Å². The summed E-state index contributed by atoms with van der Waals surface area (Å²) >= 11 is 0. The second-order valence-electron chi connectivity index (χ2n) is 11.9. The van der Waals surface area contributed by atoms with Crippen molar-refractivity contribution in [1.82, 2.24) is 0 Å². The molecule has 0 bridgehead atoms. The largest absolute Gasteiger partial charge is 0.396 e. The summed E-state index contributed by atoms with van der Waals surface area (Å²) in [5.41, 5.74) is 1.23. The van der Waals surface area contributed by atoms with E-state index >= 15 is 0 Å². The number of rotatable bonds is 29. The number of benzene rings is 1. The zero-order chi connectivity index (χ0) is 33.1. The van der Waals surface area contributed by atoms with Gasteiger partial charge in [-0.3, -0.25) is 0 Å². The van der Waals surface area contributed by atoms with E-state index in [2.05, 4.69) is 12.1 Å². The third-order valence-corrected chi connectivity index (χ3v) is 7.63. The van der Waals surface area contributed by atoms with Crippen molar-refractivity contribution in [2.75, 3.05) is 92.5 Å². The van der Waals surface area contributed by atoms with E-state index in [0.29, 0.717) is 52.9 Å². The van der Waals surface area contributed by atoms with E-state index in [4.69, 9.17) is 47.7 Å². The van der Waals surface area contributed by atoms with Gasteiger partial charge in [0.2, 0.25) is 0 Å². The number of aliphatic hydroxyl groups is 1. The topological polar surface area (TPSA) is 103 Å². The van der Waals surface area contributed by atoms with E-state index in [1.165, 1.54) is 18.4 Å². The molecule has 0 aromatic heterocycles. The van der Waals surface area contributed by atoms with Crippen LogP contribution in [-0.2, 0) is 49.2 Å². The fraction of sp³-hybridized carbons (Fsp3) is 0.838. The number of aliphatic hydroxyl groups excluding tert-OH is 1. The molecule has 0 spiro atoms. The van der Waals surface area contributed by atoms with E-state index in [0.717, 1.165) is 117 Å². The summed E-state index contributed by atoms with van der Waals surface area (Å²) in [6.07, 6.45) is 14.8. The summed E-state index contributed by atoms with van der Waals surface area (Å²) < 4.78 is 50.0. The maximum atomic E-state index is 8.61. The minimum atomic E-state index is 0.00539. The third kappa shape index (κ3) is 27.3. The van der Waals surface area contributed by atoms with Gasteiger partial charge >= 0.3 is 0 Å². The Balaban J connectivity index is 0.000000343. The highest BCUT2D eigenvalue weighted by molar-refractivity contribution is 5.13. The molecule has 2 saturated heterocycles. The molecule has 47 heavy (non-hydrogen) atoms. The van der Waals surface area contributed by atoms with Crippen molar-refractivity contribution in [2.24, 2.45) is 0 Å². The minimum absolute atomic E-state index is 0.00539. The van der Waals surface area contributed by atoms with Gasteiger partial charge in [0.1, 0.15) is 0 Å². The fourth-order valence-electron chi connectivity index (χ4n) is 4.92. The molecular weight excluding hydrogens is 604 g/mol. The van der Waals surface area contributed by atoms with Gasteiger partial charge in [-0.15, -0.1) is 0 Å². The second-order valence-corrected chi connectivity index (χ2v) is 11.9. The quantitative estimate of drug-likeness (QED) is 0.0956. The van der Waals surface area contributed by atoms with Crippen molar-refractivity contribution in [3.05, 3.63) is 35.9 Å². The normalized spacial score (nSPS) is 18.1. The van der Waals surface area contributed by atoms with Crippen LogP contribution in [0, 0.1) is 0 Å². The Hall–Kier alpha value is -1.18. The Kier molecular flexibility index (Phi) is 29.8. The predicted octanol–water partition coefficient (Wildman–Crippen LogP) is 6.46. The lowest BCUT2D eigenvalue weighted by atomic mass is 10.2. The van der Waals surface area contributed by atoms with Gasteiger partial charge in [-0.2, -0.15) is 0 Å². The van der Waals surface area contributed by atoms with Gasteiger partial charge in [0.25, 0.3) is 0 Å². The zero-order valence-corrected chi connectivity index (χ0v) is 29.2. The second kappa shape index (κ2) is 33.3. The number of hydrogen-bond acceptors (Lipinski definition) is 10. The van der Waals surface area contributed by atoms with Crippen molar-refractivity contribution in [2.45, 2.75) is 109 Å². The SMILES string of the molecule is OCCCCCOCCOCCCOC1CCCCO1.c1ccc(COCCCCCOCCOCCCOC2CCCCO2)cc1. The average molecular weight is 671 g/mol. The van der Waals surface area contributed by atoms with Gasteiger partial charge in [-0.1, -0.05) is 30.3 Å². The molecular formula is C37H66O10. The molecule has 274 valence electrons. The molecule has 2 aliphatic rings. The van der Waals surface area contributed by atoms with Gasteiger partial charge < -0.3 is 47.7 Å². The lowest BCUT2D eigenvalue weighted by molar-refractivity contribution is -0.164. The molecule has 0 saturated carbocycles. The summed E-state index contributed by atoms with van der Waals surface area (Å²) in [7, 11) is 0. The van der Waals surface area contributed by atoms with Crippen LogP contribution >= 0.6 is 0 Å². The summed E-state index contributed by atoms with van der Waals surface area (Å²) in [6, 6.07) is 10.3. The van der Waals surface area contributed by atoms with Crippen molar-refractivity contribution in [3.8, 4) is 0 Å². The van der Waals surface area contributed by atoms with E-state index in [1.807, 2.05) is 18.2 Å². The summed E-state index contributed by atoms with van der Waals surface area (Å²) in [5, 5.41) is 8.61. The summed E-state index contributed by atoms with van der Waals surface area (Å²) in [6.45, 7) is 10.4. The first-order valence-corrected chi connectivity index (χ1v) is 18.4. The van der Waals surface area contributed by atoms with Gasteiger partial charge in [0.05, 0.1) is 46.2 Å². The van der Waals surface area contributed by atoms with E-state index in [1.54, 1.807) is 0 Å². The molecule has 3 rings (SSSR count). The molecule has 10 nitrogen and oxygen atoms in total. The molecule has 2 fully saturated rings. The maximum absolute atomic E-state index is 8.61. The lowest BCUT2D eigenvalue weighted by Crippen LogP contribution is -2.23. The highest BCUT2D eigenvalue weighted by Crippen LogP contribution is 2.14. The first kappa shape index (κ1) is 42.0. The Bertz CT molecular complexity index is 744. The number of hydrogen-bond donors (Lipinski definition) is 1. The van der Waals surface area contributed by atoms with Gasteiger partial charge in [-0.05, 0) is 95.5 Å². The summed E-state index contributed by atoms with van der Waals surface area (Å²) in [5.74, 6) is 0. The first-order valence-electron chi connectivity index (χ1n) is 18.4. The fourth-order valence-corrected chi connectivity index (χ4v) is 4.92. The van der Waals surface area contributed by atoms with Crippen molar-refractivity contribution in [3.63, 3.8) is 0 Å². The Labute approximate surface area is 285 Å². The molecule has 1 aromatic carbocycles. The maximum Gasteiger partial charge on any atom is 0.157 e. The van der Waals surface area contributed by atoms with Crippen molar-refractivity contribution < 1.29 is 47.7 Å². The third-order valence-electron chi connectivity index (χ3n) is 7.63. The van der Waals surface area contributed by atoms with Crippen LogP contribution in [0.4, 0.5) is 0 Å². The van der Waals surface area contributed by atoms with Crippen LogP contribution in [0.1, 0.15) is 95.5 Å². The molecule has 2 unspecified atom stereocenters. The first-order chi connectivity index (χ1) is 23.4. The van der Waals surface area contributed by atoms with Crippen LogP contribution in [0.3, 0.4) is 0 Å². The van der Waals surface area contributed by atoms with Crippen molar-refractivity contribution in [1.29, 1.82) is 0 Å². The monoisotopic (exact) mass is 670 g/mol. The molecule has 2 atom stereocenters. The number of unbranched alkanes of at least 4 members (excludes halogenated alkanes) is 4. The Morgan fingerprint density at radius 1 is 0.489 bits per heavy atom.